The minimum atomic E-state index is 0.437. The fourth-order valence-corrected chi connectivity index (χ4v) is 2.39. The average molecular weight is 278 g/mol. The standard InChI is InChI=1S/C12H8ClN3OS/c13-8-3-1-7(2-4-8)11-15-12(17-16-11)10-9(14)5-6-18-10/h1-6H,14H2. The minimum Gasteiger partial charge on any atom is -0.397 e. The zero-order valence-corrected chi connectivity index (χ0v) is 10.7. The van der Waals surface area contributed by atoms with Crippen molar-refractivity contribution in [3.8, 4) is 22.2 Å². The molecule has 0 atom stereocenters. The van der Waals surface area contributed by atoms with Crippen molar-refractivity contribution in [2.45, 2.75) is 0 Å². The number of thiophene rings is 1. The Hall–Kier alpha value is -1.85. The third kappa shape index (κ3) is 1.98. The highest BCUT2D eigenvalue weighted by atomic mass is 35.5. The van der Waals surface area contributed by atoms with Gasteiger partial charge in [0.05, 0.1) is 5.69 Å². The molecule has 4 nitrogen and oxygen atoms in total. The lowest BCUT2D eigenvalue weighted by Gasteiger charge is -1.93. The second-order valence-electron chi connectivity index (χ2n) is 3.64. The largest absolute Gasteiger partial charge is 0.397 e. The van der Waals surface area contributed by atoms with E-state index in [-0.39, 0.29) is 0 Å². The van der Waals surface area contributed by atoms with Crippen LogP contribution in [0.4, 0.5) is 5.69 Å². The molecule has 3 aromatic rings. The highest BCUT2D eigenvalue weighted by molar-refractivity contribution is 7.14. The van der Waals surface area contributed by atoms with E-state index in [2.05, 4.69) is 10.1 Å². The van der Waals surface area contributed by atoms with Crippen molar-refractivity contribution in [3.05, 3.63) is 40.7 Å². The molecule has 2 N–H and O–H groups in total. The summed E-state index contributed by atoms with van der Waals surface area (Å²) < 4.78 is 5.21. The predicted octanol–water partition coefficient (Wildman–Crippen LogP) is 3.70. The van der Waals surface area contributed by atoms with Gasteiger partial charge in [0.2, 0.25) is 5.82 Å². The van der Waals surface area contributed by atoms with Crippen LogP contribution in [0.1, 0.15) is 0 Å². The van der Waals surface area contributed by atoms with E-state index in [9.17, 15) is 0 Å². The summed E-state index contributed by atoms with van der Waals surface area (Å²) in [6.07, 6.45) is 0. The summed E-state index contributed by atoms with van der Waals surface area (Å²) in [5.41, 5.74) is 7.30. The lowest BCUT2D eigenvalue weighted by atomic mass is 10.2. The normalized spacial score (nSPS) is 10.7. The number of aromatic nitrogens is 2. The van der Waals surface area contributed by atoms with Crippen LogP contribution in [0.5, 0.6) is 0 Å². The van der Waals surface area contributed by atoms with Gasteiger partial charge in [-0.15, -0.1) is 11.3 Å². The zero-order chi connectivity index (χ0) is 12.5. The Balaban J connectivity index is 1.99. The van der Waals surface area contributed by atoms with Crippen LogP contribution in [0, 0.1) is 0 Å². The van der Waals surface area contributed by atoms with Gasteiger partial charge in [-0.3, -0.25) is 0 Å². The molecule has 0 radical (unpaired) electrons. The van der Waals surface area contributed by atoms with Crippen molar-refractivity contribution in [1.29, 1.82) is 0 Å². The fourth-order valence-electron chi connectivity index (χ4n) is 1.52. The molecule has 0 aliphatic carbocycles. The van der Waals surface area contributed by atoms with Crippen molar-refractivity contribution in [2.75, 3.05) is 5.73 Å². The number of nitrogen functional groups attached to an aromatic ring is 1. The highest BCUT2D eigenvalue weighted by Crippen LogP contribution is 2.31. The molecule has 3 rings (SSSR count). The molecule has 90 valence electrons. The molecule has 0 unspecified atom stereocenters. The lowest BCUT2D eigenvalue weighted by molar-refractivity contribution is 0.433. The molecule has 0 saturated carbocycles. The van der Waals surface area contributed by atoms with Gasteiger partial charge in [-0.05, 0) is 35.7 Å². The molecule has 2 heterocycles. The van der Waals surface area contributed by atoms with E-state index >= 15 is 0 Å². The number of benzene rings is 1. The van der Waals surface area contributed by atoms with Crippen LogP contribution < -0.4 is 5.73 Å². The first-order valence-corrected chi connectivity index (χ1v) is 6.43. The van der Waals surface area contributed by atoms with Crippen LogP contribution in [-0.4, -0.2) is 10.1 Å². The minimum absolute atomic E-state index is 0.437. The van der Waals surface area contributed by atoms with Crippen LogP contribution in [0.15, 0.2) is 40.2 Å². The molecule has 0 aliphatic heterocycles. The third-order valence-electron chi connectivity index (χ3n) is 2.42. The highest BCUT2D eigenvalue weighted by Gasteiger charge is 2.13. The number of hydrogen-bond acceptors (Lipinski definition) is 5. The number of halogens is 1. The SMILES string of the molecule is Nc1ccsc1-c1nc(-c2ccc(Cl)cc2)no1. The molecule has 0 aliphatic rings. The second kappa shape index (κ2) is 4.44. The predicted molar refractivity (Wildman–Crippen MR) is 72.5 cm³/mol. The summed E-state index contributed by atoms with van der Waals surface area (Å²) in [4.78, 5) is 5.12. The molecule has 1 aromatic carbocycles. The summed E-state index contributed by atoms with van der Waals surface area (Å²) in [7, 11) is 0. The fraction of sp³-hybridized carbons (Fsp3) is 0. The van der Waals surface area contributed by atoms with Gasteiger partial charge in [0.25, 0.3) is 5.89 Å². The quantitative estimate of drug-likeness (QED) is 0.776. The molecule has 18 heavy (non-hydrogen) atoms. The molecule has 0 amide bonds. The molecule has 0 fully saturated rings. The van der Waals surface area contributed by atoms with Crippen molar-refractivity contribution in [1.82, 2.24) is 10.1 Å². The van der Waals surface area contributed by atoms with E-state index in [0.717, 1.165) is 10.4 Å². The maximum absolute atomic E-state index is 5.83. The smallest absolute Gasteiger partial charge is 0.270 e. The molecule has 0 bridgehead atoms. The maximum atomic E-state index is 5.83. The topological polar surface area (TPSA) is 64.9 Å². The number of nitrogens with two attached hydrogens (primary N) is 1. The van der Waals surface area contributed by atoms with Crippen LogP contribution in [0.3, 0.4) is 0 Å². The maximum Gasteiger partial charge on any atom is 0.270 e. The van der Waals surface area contributed by atoms with Gasteiger partial charge >= 0.3 is 0 Å². The van der Waals surface area contributed by atoms with Gasteiger partial charge in [0, 0.05) is 10.6 Å². The van der Waals surface area contributed by atoms with E-state index in [0.29, 0.717) is 22.4 Å². The molecule has 0 spiro atoms. The van der Waals surface area contributed by atoms with Crippen LogP contribution >= 0.6 is 22.9 Å². The average Bonchev–Trinajstić information content (AvgIpc) is 2.98. The zero-order valence-electron chi connectivity index (χ0n) is 9.13. The summed E-state index contributed by atoms with van der Waals surface area (Å²) in [6.45, 7) is 0. The second-order valence-corrected chi connectivity index (χ2v) is 4.99. The monoisotopic (exact) mass is 277 g/mol. The summed E-state index contributed by atoms with van der Waals surface area (Å²) in [5.74, 6) is 0.960. The molecule has 6 heteroatoms. The van der Waals surface area contributed by atoms with Gasteiger partial charge in [-0.2, -0.15) is 4.98 Å². The van der Waals surface area contributed by atoms with Gasteiger partial charge < -0.3 is 10.3 Å². The number of nitrogens with zero attached hydrogens (tertiary/aromatic N) is 2. The Morgan fingerprint density at radius 1 is 1.17 bits per heavy atom. The first-order valence-electron chi connectivity index (χ1n) is 5.17. The third-order valence-corrected chi connectivity index (χ3v) is 3.59. The van der Waals surface area contributed by atoms with E-state index in [1.165, 1.54) is 11.3 Å². The van der Waals surface area contributed by atoms with E-state index in [1.54, 1.807) is 12.1 Å². The van der Waals surface area contributed by atoms with Gasteiger partial charge in [0.1, 0.15) is 4.88 Å². The van der Waals surface area contributed by atoms with E-state index in [4.69, 9.17) is 21.9 Å². The van der Waals surface area contributed by atoms with Crippen molar-refractivity contribution >= 4 is 28.6 Å². The summed E-state index contributed by atoms with van der Waals surface area (Å²) in [6, 6.07) is 9.06. The molecular formula is C12H8ClN3OS. The number of hydrogen-bond donors (Lipinski definition) is 1. The Morgan fingerprint density at radius 3 is 2.61 bits per heavy atom. The van der Waals surface area contributed by atoms with Crippen LogP contribution in [-0.2, 0) is 0 Å². The summed E-state index contributed by atoms with van der Waals surface area (Å²) >= 11 is 7.30. The Morgan fingerprint density at radius 2 is 1.94 bits per heavy atom. The summed E-state index contributed by atoms with van der Waals surface area (Å²) in [5, 5.41) is 6.49. The van der Waals surface area contributed by atoms with Crippen molar-refractivity contribution in [3.63, 3.8) is 0 Å². The Kier molecular flexibility index (Phi) is 2.77. The molecule has 2 aromatic heterocycles. The van der Waals surface area contributed by atoms with E-state index < -0.39 is 0 Å². The van der Waals surface area contributed by atoms with Gasteiger partial charge in [-0.1, -0.05) is 16.8 Å². The van der Waals surface area contributed by atoms with E-state index in [1.807, 2.05) is 23.6 Å². The molecular weight excluding hydrogens is 270 g/mol. The van der Waals surface area contributed by atoms with Crippen molar-refractivity contribution in [2.24, 2.45) is 0 Å². The number of rotatable bonds is 2. The first-order chi connectivity index (χ1) is 8.74. The lowest BCUT2D eigenvalue weighted by Crippen LogP contribution is -1.84. The van der Waals surface area contributed by atoms with Gasteiger partial charge in [0.15, 0.2) is 0 Å². The Bertz CT molecular complexity index is 675. The van der Waals surface area contributed by atoms with Crippen molar-refractivity contribution < 1.29 is 4.52 Å². The van der Waals surface area contributed by atoms with Crippen LogP contribution in [0.2, 0.25) is 5.02 Å². The van der Waals surface area contributed by atoms with Gasteiger partial charge in [-0.25, -0.2) is 0 Å². The molecule has 0 saturated heterocycles. The Labute approximate surface area is 112 Å². The number of anilines is 1. The first kappa shape index (κ1) is 11.3. The van der Waals surface area contributed by atoms with Crippen LogP contribution in [0.25, 0.3) is 22.2 Å².